The topological polar surface area (TPSA) is 78.5 Å². The summed E-state index contributed by atoms with van der Waals surface area (Å²) in [6.45, 7) is 0. The summed E-state index contributed by atoms with van der Waals surface area (Å²) >= 11 is 3.38. The van der Waals surface area contributed by atoms with Gasteiger partial charge < -0.3 is 10.6 Å². The van der Waals surface area contributed by atoms with Crippen molar-refractivity contribution in [3.8, 4) is 0 Å². The number of nitrogens with one attached hydrogen (secondary N) is 2. The largest absolute Gasteiger partial charge is 0.320 e. The zero-order valence-electron chi connectivity index (χ0n) is 17.4. The van der Waals surface area contributed by atoms with Crippen molar-refractivity contribution in [2.24, 2.45) is 23.7 Å². The first-order valence-corrected chi connectivity index (χ1v) is 11.7. The number of carbonyl (C=O) groups is 3. The molecular formula is C25H24BrN3O3. The van der Waals surface area contributed by atoms with E-state index in [-0.39, 0.29) is 35.5 Å². The van der Waals surface area contributed by atoms with Crippen LogP contribution in [-0.4, -0.2) is 28.9 Å². The number of benzene rings is 2. The molecule has 7 heteroatoms. The Balaban J connectivity index is 1.40. The van der Waals surface area contributed by atoms with Crippen LogP contribution in [0.4, 0.5) is 10.5 Å². The Morgan fingerprint density at radius 2 is 1.53 bits per heavy atom. The Kier molecular flexibility index (Phi) is 5.59. The van der Waals surface area contributed by atoms with E-state index in [4.69, 9.17) is 0 Å². The predicted octanol–water partition coefficient (Wildman–Crippen LogP) is 4.34. The lowest BCUT2D eigenvalue weighted by Gasteiger charge is -2.38. The number of amides is 4. The fourth-order valence-electron chi connectivity index (χ4n) is 5.30. The van der Waals surface area contributed by atoms with Gasteiger partial charge in [-0.2, -0.15) is 0 Å². The van der Waals surface area contributed by atoms with Crippen molar-refractivity contribution in [2.75, 3.05) is 5.32 Å². The molecule has 2 bridgehead atoms. The molecule has 0 radical (unpaired) electrons. The van der Waals surface area contributed by atoms with Gasteiger partial charge in [-0.25, -0.2) is 4.79 Å². The summed E-state index contributed by atoms with van der Waals surface area (Å²) in [6.07, 6.45) is 5.69. The maximum Gasteiger partial charge on any atom is 0.320 e. The van der Waals surface area contributed by atoms with Crippen LogP contribution < -0.4 is 10.6 Å². The molecule has 6 nitrogen and oxygen atoms in total. The number of rotatable bonds is 5. The standard InChI is InChI=1S/C25H24BrN3O3/c26-18-10-12-19(13-11-18)27-25(32)28-20(14-15-4-2-1-3-5-15)29-23(30)21-16-6-7-17(9-8-16)22(21)24(29)31/h1-7,10-13,16-17,20-22H,8-9,14H2,(H2,27,28,32)/t16-,17-,20-,21+,22+/m0/s1. The van der Waals surface area contributed by atoms with Gasteiger partial charge in [0, 0.05) is 16.6 Å². The van der Waals surface area contributed by atoms with Gasteiger partial charge in [0.2, 0.25) is 11.8 Å². The molecule has 1 heterocycles. The molecule has 2 fully saturated rings. The first-order chi connectivity index (χ1) is 15.5. The number of halogens is 1. The van der Waals surface area contributed by atoms with Crippen molar-refractivity contribution in [3.63, 3.8) is 0 Å². The van der Waals surface area contributed by atoms with E-state index in [1.54, 1.807) is 12.1 Å². The monoisotopic (exact) mass is 493 g/mol. The fraction of sp³-hybridized carbons (Fsp3) is 0.320. The highest BCUT2D eigenvalue weighted by molar-refractivity contribution is 9.10. The zero-order valence-corrected chi connectivity index (χ0v) is 19.0. The van der Waals surface area contributed by atoms with Crippen molar-refractivity contribution in [1.82, 2.24) is 10.2 Å². The molecule has 1 aliphatic heterocycles. The second-order valence-corrected chi connectivity index (χ2v) is 9.61. The summed E-state index contributed by atoms with van der Waals surface area (Å²) in [5.41, 5.74) is 1.57. The summed E-state index contributed by atoms with van der Waals surface area (Å²) in [5.74, 6) is -0.713. The Bertz CT molecular complexity index is 1040. The number of nitrogens with zero attached hydrogens (tertiary/aromatic N) is 1. The Labute approximate surface area is 195 Å². The minimum atomic E-state index is -0.752. The number of allylic oxidation sites excluding steroid dienone is 2. The van der Waals surface area contributed by atoms with Gasteiger partial charge in [0.15, 0.2) is 0 Å². The second-order valence-electron chi connectivity index (χ2n) is 8.70. The van der Waals surface area contributed by atoms with Crippen molar-refractivity contribution in [1.29, 1.82) is 0 Å². The summed E-state index contributed by atoms with van der Waals surface area (Å²) in [6, 6.07) is 16.4. The number of hydrogen-bond acceptors (Lipinski definition) is 3. The highest BCUT2D eigenvalue weighted by atomic mass is 79.9. The molecule has 2 aromatic rings. The van der Waals surface area contributed by atoms with Crippen LogP contribution in [0.5, 0.6) is 0 Å². The summed E-state index contributed by atoms with van der Waals surface area (Å²) in [7, 11) is 0. The summed E-state index contributed by atoms with van der Waals surface area (Å²) < 4.78 is 0.907. The number of carbonyl (C=O) groups excluding carboxylic acids is 3. The third-order valence-electron chi connectivity index (χ3n) is 6.78. The molecule has 164 valence electrons. The number of imide groups is 1. The minimum absolute atomic E-state index is 0.111. The van der Waals surface area contributed by atoms with Crippen LogP contribution in [-0.2, 0) is 16.0 Å². The van der Waals surface area contributed by atoms with E-state index in [0.717, 1.165) is 22.9 Å². The molecule has 1 saturated heterocycles. The Morgan fingerprint density at radius 3 is 2.09 bits per heavy atom. The second kappa shape index (κ2) is 8.54. The number of hydrogen-bond donors (Lipinski definition) is 2. The zero-order chi connectivity index (χ0) is 22.2. The van der Waals surface area contributed by atoms with Crippen molar-refractivity contribution in [3.05, 3.63) is 76.8 Å². The third-order valence-corrected chi connectivity index (χ3v) is 7.31. The number of likely N-dealkylation sites (tertiary alicyclic amines) is 1. The van der Waals surface area contributed by atoms with Crippen molar-refractivity contribution >= 4 is 39.5 Å². The molecule has 2 aromatic carbocycles. The lowest BCUT2D eigenvalue weighted by Crippen LogP contribution is -2.53. The average Bonchev–Trinajstić information content (AvgIpc) is 3.09. The fourth-order valence-corrected chi connectivity index (χ4v) is 5.56. The van der Waals surface area contributed by atoms with Gasteiger partial charge >= 0.3 is 6.03 Å². The summed E-state index contributed by atoms with van der Waals surface area (Å²) in [4.78, 5) is 41.0. The van der Waals surface area contributed by atoms with E-state index in [1.165, 1.54) is 4.90 Å². The molecule has 2 N–H and O–H groups in total. The molecular weight excluding hydrogens is 470 g/mol. The number of urea groups is 1. The maximum atomic E-state index is 13.4. The normalized spacial score (nSPS) is 26.7. The molecule has 5 atom stereocenters. The molecule has 4 aliphatic rings. The third kappa shape index (κ3) is 3.86. The molecule has 1 saturated carbocycles. The van der Waals surface area contributed by atoms with Gasteiger partial charge in [-0.1, -0.05) is 58.4 Å². The van der Waals surface area contributed by atoms with Crippen LogP contribution in [0.3, 0.4) is 0 Å². The molecule has 32 heavy (non-hydrogen) atoms. The molecule has 6 rings (SSSR count). The van der Waals surface area contributed by atoms with Crippen LogP contribution in [0.25, 0.3) is 0 Å². The van der Waals surface area contributed by atoms with Gasteiger partial charge in [0.1, 0.15) is 6.17 Å². The van der Waals surface area contributed by atoms with Crippen LogP contribution >= 0.6 is 15.9 Å². The van der Waals surface area contributed by atoms with Crippen LogP contribution in [0, 0.1) is 23.7 Å². The predicted molar refractivity (Wildman–Crippen MR) is 124 cm³/mol. The van der Waals surface area contributed by atoms with Gasteiger partial charge in [-0.15, -0.1) is 0 Å². The SMILES string of the molecule is O=C(Nc1ccc(Br)cc1)N[C@H](Cc1ccccc1)N1C(=O)[C@H]2[C@H](C1=O)[C@H]1C=C[C@H]2CC1. The number of anilines is 1. The molecule has 0 aromatic heterocycles. The summed E-state index contributed by atoms with van der Waals surface area (Å²) in [5, 5.41) is 5.69. The highest BCUT2D eigenvalue weighted by Crippen LogP contribution is 2.50. The van der Waals surface area contributed by atoms with E-state index in [2.05, 4.69) is 38.7 Å². The van der Waals surface area contributed by atoms with Crippen molar-refractivity contribution in [2.45, 2.75) is 25.4 Å². The van der Waals surface area contributed by atoms with E-state index in [0.29, 0.717) is 12.1 Å². The molecule has 0 spiro atoms. The maximum absolute atomic E-state index is 13.4. The van der Waals surface area contributed by atoms with E-state index < -0.39 is 12.2 Å². The smallest absolute Gasteiger partial charge is 0.317 e. The minimum Gasteiger partial charge on any atom is -0.317 e. The van der Waals surface area contributed by atoms with E-state index in [1.807, 2.05) is 42.5 Å². The number of fused-ring (bicyclic) bond motifs is 1. The lowest BCUT2D eigenvalue weighted by atomic mass is 9.63. The van der Waals surface area contributed by atoms with E-state index in [9.17, 15) is 14.4 Å². The molecule has 0 unspecified atom stereocenters. The molecule has 3 aliphatic carbocycles. The van der Waals surface area contributed by atoms with Crippen LogP contribution in [0.1, 0.15) is 18.4 Å². The first kappa shape index (κ1) is 20.9. The van der Waals surface area contributed by atoms with Gasteiger partial charge in [-0.05, 0) is 54.5 Å². The van der Waals surface area contributed by atoms with Crippen LogP contribution in [0.15, 0.2) is 71.2 Å². The Morgan fingerprint density at radius 1 is 0.938 bits per heavy atom. The first-order valence-electron chi connectivity index (χ1n) is 10.9. The van der Waals surface area contributed by atoms with Gasteiger partial charge in [-0.3, -0.25) is 14.5 Å². The highest BCUT2D eigenvalue weighted by Gasteiger charge is 2.58. The Hall–Kier alpha value is -2.93. The van der Waals surface area contributed by atoms with Gasteiger partial charge in [0.05, 0.1) is 11.8 Å². The van der Waals surface area contributed by atoms with Crippen LogP contribution in [0.2, 0.25) is 0 Å². The average molecular weight is 494 g/mol. The van der Waals surface area contributed by atoms with Gasteiger partial charge in [0.25, 0.3) is 0 Å². The lowest BCUT2D eigenvalue weighted by molar-refractivity contribution is -0.143. The van der Waals surface area contributed by atoms with Crippen molar-refractivity contribution < 1.29 is 14.4 Å². The van der Waals surface area contributed by atoms with E-state index >= 15 is 0 Å². The molecule has 4 amide bonds. The quantitative estimate of drug-likeness (QED) is 0.480.